The van der Waals surface area contributed by atoms with Crippen LogP contribution in [-0.4, -0.2) is 39.2 Å². The Balaban J connectivity index is 1.82. The summed E-state index contributed by atoms with van der Waals surface area (Å²) in [6.45, 7) is 0.464. The van der Waals surface area contributed by atoms with Crippen molar-refractivity contribution in [1.29, 1.82) is 0 Å². The second kappa shape index (κ2) is 7.47. The van der Waals surface area contributed by atoms with E-state index in [0.717, 1.165) is 23.1 Å². The summed E-state index contributed by atoms with van der Waals surface area (Å²) in [7, 11) is -1.90. The monoisotopic (exact) mass is 375 g/mol. The minimum Gasteiger partial charge on any atom is -0.497 e. The molecule has 138 valence electrons. The Morgan fingerprint density at radius 1 is 1.08 bits per heavy atom. The van der Waals surface area contributed by atoms with Crippen molar-refractivity contribution in [3.8, 4) is 5.75 Å². The van der Waals surface area contributed by atoms with Crippen LogP contribution >= 0.6 is 0 Å². The molecule has 1 amide bonds. The van der Waals surface area contributed by atoms with Gasteiger partial charge in [0.05, 0.1) is 26.0 Å². The Hall–Kier alpha value is -2.38. The molecule has 1 aliphatic heterocycles. The molecule has 1 heterocycles. The zero-order valence-corrected chi connectivity index (χ0v) is 15.5. The van der Waals surface area contributed by atoms with Gasteiger partial charge in [-0.2, -0.15) is 8.42 Å². The molecular formula is C19H21NO5S. The van der Waals surface area contributed by atoms with Gasteiger partial charge in [-0.1, -0.05) is 30.3 Å². The summed E-state index contributed by atoms with van der Waals surface area (Å²) < 4.78 is 32.5. The van der Waals surface area contributed by atoms with Crippen LogP contribution < -0.4 is 4.74 Å². The minimum atomic E-state index is -3.51. The molecule has 26 heavy (non-hydrogen) atoms. The van der Waals surface area contributed by atoms with Crippen molar-refractivity contribution in [2.75, 3.05) is 20.0 Å². The minimum absolute atomic E-state index is 0.0320. The number of benzene rings is 2. The van der Waals surface area contributed by atoms with Gasteiger partial charge in [0.1, 0.15) is 5.75 Å². The Kier molecular flexibility index (Phi) is 5.29. The van der Waals surface area contributed by atoms with Crippen LogP contribution in [0.25, 0.3) is 0 Å². The number of rotatable bonds is 7. The number of methoxy groups -OCH3 is 1. The van der Waals surface area contributed by atoms with Crippen molar-refractivity contribution in [1.82, 2.24) is 4.90 Å². The van der Waals surface area contributed by atoms with Gasteiger partial charge in [-0.25, -0.2) is 0 Å². The van der Waals surface area contributed by atoms with Crippen LogP contribution in [0.5, 0.6) is 5.75 Å². The van der Waals surface area contributed by atoms with Crippen LogP contribution in [0.15, 0.2) is 48.5 Å². The summed E-state index contributed by atoms with van der Waals surface area (Å²) >= 11 is 0. The number of carbonyl (C=O) groups is 1. The predicted octanol–water partition coefficient (Wildman–Crippen LogP) is 2.76. The molecule has 0 saturated carbocycles. The highest BCUT2D eigenvalue weighted by molar-refractivity contribution is 7.85. The third-order valence-corrected chi connectivity index (χ3v) is 4.98. The van der Waals surface area contributed by atoms with Crippen molar-refractivity contribution in [3.05, 3.63) is 65.2 Å². The van der Waals surface area contributed by atoms with Gasteiger partial charge in [-0.3, -0.25) is 8.98 Å². The second-order valence-corrected chi connectivity index (χ2v) is 7.84. The zero-order valence-electron chi connectivity index (χ0n) is 14.7. The van der Waals surface area contributed by atoms with Gasteiger partial charge in [-0.15, -0.1) is 0 Å². The molecule has 6 nitrogen and oxygen atoms in total. The number of amides is 1. The summed E-state index contributed by atoms with van der Waals surface area (Å²) in [6, 6.07) is 14.7. The molecule has 2 aromatic carbocycles. The molecule has 7 heteroatoms. The Labute approximate surface area is 153 Å². The average Bonchev–Trinajstić information content (AvgIpc) is 2.87. The number of hydrogen-bond acceptors (Lipinski definition) is 5. The molecule has 1 aliphatic rings. The summed E-state index contributed by atoms with van der Waals surface area (Å²) in [5.41, 5.74) is 2.54. The molecule has 0 fully saturated rings. The smallest absolute Gasteiger partial charge is 0.264 e. The molecule has 2 aromatic rings. The molecule has 0 spiro atoms. The molecular weight excluding hydrogens is 354 g/mol. The highest BCUT2D eigenvalue weighted by atomic mass is 32.2. The largest absolute Gasteiger partial charge is 0.497 e. The summed E-state index contributed by atoms with van der Waals surface area (Å²) in [5.74, 6) is 0.698. The molecule has 3 rings (SSSR count). The first-order valence-corrected chi connectivity index (χ1v) is 10.1. The Morgan fingerprint density at radius 2 is 1.77 bits per heavy atom. The first kappa shape index (κ1) is 18.4. The number of hydrogen-bond donors (Lipinski definition) is 0. The molecule has 0 radical (unpaired) electrons. The van der Waals surface area contributed by atoms with E-state index in [4.69, 9.17) is 8.92 Å². The quantitative estimate of drug-likeness (QED) is 0.696. The summed E-state index contributed by atoms with van der Waals surface area (Å²) in [5, 5.41) is 0. The predicted molar refractivity (Wildman–Crippen MR) is 97.5 cm³/mol. The van der Waals surface area contributed by atoms with E-state index in [9.17, 15) is 13.2 Å². The lowest BCUT2D eigenvalue weighted by molar-refractivity contribution is 0.0689. The van der Waals surface area contributed by atoms with Crippen molar-refractivity contribution >= 4 is 16.0 Å². The van der Waals surface area contributed by atoms with Crippen molar-refractivity contribution in [2.45, 2.75) is 19.0 Å². The van der Waals surface area contributed by atoms with E-state index < -0.39 is 10.1 Å². The lowest BCUT2D eigenvalue weighted by Gasteiger charge is -2.25. The van der Waals surface area contributed by atoms with Gasteiger partial charge in [0.25, 0.3) is 16.0 Å². The molecule has 1 atom stereocenters. The number of ether oxygens (including phenoxy) is 1. The number of fused-ring (bicyclic) bond motifs is 1. The van der Waals surface area contributed by atoms with Crippen LogP contribution in [0.3, 0.4) is 0 Å². The van der Waals surface area contributed by atoms with Crippen LogP contribution in [0, 0.1) is 0 Å². The third kappa shape index (κ3) is 4.05. The molecule has 0 N–H and O–H groups in total. The van der Waals surface area contributed by atoms with Gasteiger partial charge >= 0.3 is 0 Å². The molecule has 0 saturated heterocycles. The third-order valence-electron chi connectivity index (χ3n) is 4.39. The number of carbonyl (C=O) groups excluding carboxylic acids is 1. The van der Waals surface area contributed by atoms with Crippen LogP contribution in [0.1, 0.15) is 33.9 Å². The number of nitrogens with zero attached hydrogens (tertiary/aromatic N) is 1. The Bertz CT molecular complexity index is 892. The highest BCUT2D eigenvalue weighted by Crippen LogP contribution is 2.37. The van der Waals surface area contributed by atoms with Gasteiger partial charge in [0.2, 0.25) is 0 Å². The first-order chi connectivity index (χ1) is 12.4. The maximum absolute atomic E-state index is 12.8. The van der Waals surface area contributed by atoms with Crippen LogP contribution in [0.2, 0.25) is 0 Å². The maximum atomic E-state index is 12.8. The van der Waals surface area contributed by atoms with E-state index >= 15 is 0 Å². The zero-order chi connectivity index (χ0) is 18.7. The van der Waals surface area contributed by atoms with Crippen LogP contribution in [-0.2, 0) is 20.8 Å². The van der Waals surface area contributed by atoms with E-state index in [1.165, 1.54) is 0 Å². The van der Waals surface area contributed by atoms with E-state index in [0.29, 0.717) is 18.5 Å². The molecule has 0 aliphatic carbocycles. The van der Waals surface area contributed by atoms with E-state index in [1.54, 1.807) is 18.1 Å². The van der Waals surface area contributed by atoms with Gasteiger partial charge in [0, 0.05) is 12.1 Å². The van der Waals surface area contributed by atoms with Gasteiger partial charge < -0.3 is 9.64 Å². The molecule has 0 aromatic heterocycles. The summed E-state index contributed by atoms with van der Waals surface area (Å²) in [6.07, 6.45) is 1.43. The van der Waals surface area contributed by atoms with Crippen molar-refractivity contribution in [3.63, 3.8) is 0 Å². The Morgan fingerprint density at radius 3 is 2.42 bits per heavy atom. The fourth-order valence-electron chi connectivity index (χ4n) is 3.18. The molecule has 0 bridgehead atoms. The molecule has 1 unspecified atom stereocenters. The fourth-order valence-corrected chi connectivity index (χ4v) is 3.58. The topological polar surface area (TPSA) is 72.9 Å². The van der Waals surface area contributed by atoms with Gasteiger partial charge in [-0.05, 0) is 35.7 Å². The second-order valence-electron chi connectivity index (χ2n) is 6.20. The standard InChI is InChI=1S/C19H21NO5S/c1-24-15-9-7-14(8-10-15)13-20-18(11-12-25-26(2,22)23)16-5-3-4-6-17(16)19(20)21/h3-10,18H,11-13H2,1-2H3. The average molecular weight is 375 g/mol. The van der Waals surface area contributed by atoms with E-state index in [1.807, 2.05) is 42.5 Å². The first-order valence-electron chi connectivity index (χ1n) is 8.26. The van der Waals surface area contributed by atoms with E-state index in [2.05, 4.69) is 0 Å². The lowest BCUT2D eigenvalue weighted by atomic mass is 10.0. The van der Waals surface area contributed by atoms with Crippen molar-refractivity contribution < 1.29 is 22.1 Å². The normalized spacial score (nSPS) is 16.6. The fraction of sp³-hybridized carbons (Fsp3) is 0.316. The highest BCUT2D eigenvalue weighted by Gasteiger charge is 2.36. The van der Waals surface area contributed by atoms with Gasteiger partial charge in [0.15, 0.2) is 0 Å². The SMILES string of the molecule is COc1ccc(CN2C(=O)c3ccccc3C2CCOS(C)(=O)=O)cc1. The van der Waals surface area contributed by atoms with E-state index in [-0.39, 0.29) is 18.6 Å². The lowest BCUT2D eigenvalue weighted by Crippen LogP contribution is -2.28. The summed E-state index contributed by atoms with van der Waals surface area (Å²) in [4.78, 5) is 14.6. The van der Waals surface area contributed by atoms with Crippen molar-refractivity contribution in [2.24, 2.45) is 0 Å². The van der Waals surface area contributed by atoms with Crippen LogP contribution in [0.4, 0.5) is 0 Å². The maximum Gasteiger partial charge on any atom is 0.264 e.